The Morgan fingerprint density at radius 2 is 1.74 bits per heavy atom. The number of amides is 1. The third-order valence-electron chi connectivity index (χ3n) is 7.53. The van der Waals surface area contributed by atoms with Crippen molar-refractivity contribution in [3.63, 3.8) is 0 Å². The van der Waals surface area contributed by atoms with Gasteiger partial charge in [0.1, 0.15) is 11.3 Å². The van der Waals surface area contributed by atoms with Crippen LogP contribution in [0.4, 0.5) is 5.69 Å². The van der Waals surface area contributed by atoms with E-state index in [2.05, 4.69) is 16.4 Å². The average Bonchev–Trinajstić information content (AvgIpc) is 3.60. The molecular weight excluding hydrogens is 562 g/mol. The number of nitrogens with one attached hydrogen (secondary N) is 1. The third-order valence-corrected chi connectivity index (χ3v) is 8.73. The fraction of sp³-hybridized carbons (Fsp3) is 0.121. The molecule has 0 atom stereocenters. The second-order valence-electron chi connectivity index (χ2n) is 10.3. The van der Waals surface area contributed by atoms with Crippen LogP contribution in [0.2, 0.25) is 0 Å². The molecule has 1 amide bonds. The monoisotopic (exact) mass is 589 g/mol. The van der Waals surface area contributed by atoms with E-state index in [-0.39, 0.29) is 5.91 Å². The molecule has 0 radical (unpaired) electrons. The van der Waals surface area contributed by atoms with Gasteiger partial charge in [-0.2, -0.15) is 5.26 Å². The summed E-state index contributed by atoms with van der Waals surface area (Å²) in [6, 6.07) is 24.2. The lowest BCUT2D eigenvalue weighted by atomic mass is 9.99. The third kappa shape index (κ3) is 4.90. The van der Waals surface area contributed by atoms with E-state index in [1.165, 1.54) is 11.4 Å². The fourth-order valence-electron chi connectivity index (χ4n) is 5.14. The van der Waals surface area contributed by atoms with Crippen molar-refractivity contribution in [1.82, 2.24) is 14.9 Å². The highest BCUT2D eigenvalue weighted by Crippen LogP contribution is 2.41. The molecule has 3 aromatic heterocycles. The summed E-state index contributed by atoms with van der Waals surface area (Å²) in [6.45, 7) is 1.98. The molecule has 6 rings (SSSR count). The molecule has 0 unspecified atom stereocenters. The molecule has 9 nitrogen and oxygen atoms in total. The molecule has 0 saturated heterocycles. The van der Waals surface area contributed by atoms with E-state index in [1.807, 2.05) is 66.2 Å². The van der Waals surface area contributed by atoms with Crippen LogP contribution in [-0.2, 0) is 10.0 Å². The number of nitrogens with zero attached hydrogens (tertiary/aromatic N) is 4. The quantitative estimate of drug-likeness (QED) is 0.253. The molecule has 10 heteroatoms. The minimum absolute atomic E-state index is 0.326. The number of aryl methyl sites for hydroxylation is 1. The van der Waals surface area contributed by atoms with E-state index in [1.54, 1.807) is 37.5 Å². The topological polar surface area (TPSA) is 121 Å². The Hall–Kier alpha value is -5.40. The van der Waals surface area contributed by atoms with Crippen LogP contribution in [0.1, 0.15) is 21.5 Å². The maximum atomic E-state index is 13.2. The van der Waals surface area contributed by atoms with Crippen LogP contribution < -0.4 is 9.62 Å². The molecule has 0 aliphatic heterocycles. The summed E-state index contributed by atoms with van der Waals surface area (Å²) in [5, 5.41) is 12.5. The summed E-state index contributed by atoms with van der Waals surface area (Å²) in [6.07, 6.45) is 4.71. The second kappa shape index (κ2) is 10.5. The van der Waals surface area contributed by atoms with Gasteiger partial charge in [-0.1, -0.05) is 29.8 Å². The summed E-state index contributed by atoms with van der Waals surface area (Å²) in [5.41, 5.74) is 7.02. The molecule has 0 fully saturated rings. The van der Waals surface area contributed by atoms with Crippen LogP contribution in [0.15, 0.2) is 89.6 Å². The van der Waals surface area contributed by atoms with Gasteiger partial charge in [0.05, 0.1) is 40.2 Å². The lowest BCUT2D eigenvalue weighted by molar-refractivity contribution is 0.0964. The van der Waals surface area contributed by atoms with E-state index >= 15 is 0 Å². The van der Waals surface area contributed by atoms with Crippen molar-refractivity contribution in [1.29, 1.82) is 5.26 Å². The number of carbonyl (C=O) groups is 1. The highest BCUT2D eigenvalue weighted by atomic mass is 32.2. The molecule has 0 spiro atoms. The van der Waals surface area contributed by atoms with Gasteiger partial charge in [-0.05, 0) is 49.4 Å². The average molecular weight is 590 g/mol. The first-order valence-corrected chi connectivity index (χ1v) is 15.3. The number of rotatable bonds is 6. The number of furan rings is 1. The first kappa shape index (κ1) is 27.8. The molecule has 6 aromatic rings. The highest BCUT2D eigenvalue weighted by molar-refractivity contribution is 7.92. The van der Waals surface area contributed by atoms with Crippen LogP contribution in [0.25, 0.3) is 50.1 Å². The molecule has 0 aliphatic rings. The lowest BCUT2D eigenvalue weighted by Crippen LogP contribution is -2.25. The van der Waals surface area contributed by atoms with Gasteiger partial charge < -0.3 is 14.3 Å². The van der Waals surface area contributed by atoms with Crippen molar-refractivity contribution in [2.24, 2.45) is 0 Å². The van der Waals surface area contributed by atoms with Crippen molar-refractivity contribution in [2.75, 3.05) is 24.7 Å². The van der Waals surface area contributed by atoms with Crippen molar-refractivity contribution in [2.45, 2.75) is 6.92 Å². The largest absolute Gasteiger partial charge is 0.455 e. The van der Waals surface area contributed by atoms with E-state index in [9.17, 15) is 18.5 Å². The van der Waals surface area contributed by atoms with Crippen molar-refractivity contribution in [3.8, 4) is 34.2 Å². The zero-order chi connectivity index (χ0) is 30.5. The Labute approximate surface area is 248 Å². The first-order valence-electron chi connectivity index (χ1n) is 13.4. The summed E-state index contributed by atoms with van der Waals surface area (Å²) in [5.74, 6) is 0.0653. The van der Waals surface area contributed by atoms with Crippen LogP contribution >= 0.6 is 0 Å². The number of aromatic nitrogens is 2. The van der Waals surface area contributed by atoms with Gasteiger partial charge >= 0.3 is 0 Å². The van der Waals surface area contributed by atoms with E-state index in [4.69, 9.17) is 4.42 Å². The number of benzene rings is 3. The summed E-state index contributed by atoms with van der Waals surface area (Å²) in [4.78, 5) is 17.9. The number of nitriles is 1. The molecule has 1 N–H and O–H groups in total. The van der Waals surface area contributed by atoms with E-state index < -0.39 is 10.0 Å². The Morgan fingerprint density at radius 3 is 2.40 bits per heavy atom. The smallest absolute Gasteiger partial charge is 0.255 e. The molecule has 0 saturated carbocycles. The second-order valence-corrected chi connectivity index (χ2v) is 12.3. The zero-order valence-electron chi connectivity index (χ0n) is 23.9. The number of fused-ring (bicyclic) bond motifs is 2. The van der Waals surface area contributed by atoms with Gasteiger partial charge in [0.2, 0.25) is 10.0 Å². The van der Waals surface area contributed by atoms with Gasteiger partial charge in [0.15, 0.2) is 0 Å². The SMILES string of the molecule is CNC(=O)c1c(-c2ccc(C)cc2)oc2cc(N(C)S(C)(=O)=O)c(-c3cnc4ccn(-c5ccc(C#N)cc5)c4c3)cc12. The minimum Gasteiger partial charge on any atom is -0.455 e. The molecule has 3 aromatic carbocycles. The standard InChI is InChI=1S/C33H27N5O4S/c1-20-5-9-22(10-6-20)32-31(33(39)35-2)26-16-25(28(17-30(26)42-32)37(3)43(4,40)41)23-15-29-27(36-19-23)13-14-38(29)24-11-7-21(18-34)8-12-24/h5-17,19H,1-4H3,(H,35,39). The summed E-state index contributed by atoms with van der Waals surface area (Å²) >= 11 is 0. The molecular formula is C33H27N5O4S. The normalized spacial score (nSPS) is 11.5. The van der Waals surface area contributed by atoms with Crippen molar-refractivity contribution >= 4 is 43.6 Å². The zero-order valence-corrected chi connectivity index (χ0v) is 24.7. The summed E-state index contributed by atoms with van der Waals surface area (Å²) < 4.78 is 35.0. The Morgan fingerprint density at radius 1 is 1.02 bits per heavy atom. The molecule has 3 heterocycles. The van der Waals surface area contributed by atoms with Crippen molar-refractivity contribution in [3.05, 3.63) is 102 Å². The predicted molar refractivity (Wildman–Crippen MR) is 168 cm³/mol. The van der Waals surface area contributed by atoms with Gasteiger partial charge in [-0.3, -0.25) is 14.1 Å². The van der Waals surface area contributed by atoms with Gasteiger partial charge in [0.25, 0.3) is 5.91 Å². The number of hydrogen-bond donors (Lipinski definition) is 1. The maximum absolute atomic E-state index is 13.2. The molecule has 0 aliphatic carbocycles. The van der Waals surface area contributed by atoms with Gasteiger partial charge in [-0.25, -0.2) is 8.42 Å². The van der Waals surface area contributed by atoms with E-state index in [0.29, 0.717) is 44.7 Å². The number of pyridine rings is 1. The lowest BCUT2D eigenvalue weighted by Gasteiger charge is -2.20. The fourth-order valence-corrected chi connectivity index (χ4v) is 5.65. The van der Waals surface area contributed by atoms with Crippen LogP contribution in [0, 0.1) is 18.3 Å². The minimum atomic E-state index is -3.67. The number of carbonyl (C=O) groups excluding carboxylic acids is 1. The molecule has 43 heavy (non-hydrogen) atoms. The number of hydrogen-bond acceptors (Lipinski definition) is 6. The Balaban J connectivity index is 1.62. The van der Waals surface area contributed by atoms with Gasteiger partial charge in [-0.15, -0.1) is 0 Å². The number of anilines is 1. The van der Waals surface area contributed by atoms with E-state index in [0.717, 1.165) is 34.1 Å². The molecule has 0 bridgehead atoms. The Bertz CT molecular complexity index is 2190. The predicted octanol–water partition coefficient (Wildman–Crippen LogP) is 6.04. The highest BCUT2D eigenvalue weighted by Gasteiger charge is 2.26. The summed E-state index contributed by atoms with van der Waals surface area (Å²) in [7, 11) is -0.627. The number of sulfonamides is 1. The van der Waals surface area contributed by atoms with Crippen LogP contribution in [0.3, 0.4) is 0 Å². The van der Waals surface area contributed by atoms with Gasteiger partial charge in [0, 0.05) is 60.3 Å². The maximum Gasteiger partial charge on any atom is 0.255 e. The first-order chi connectivity index (χ1) is 20.6. The Kier molecular flexibility index (Phi) is 6.75. The molecule has 214 valence electrons. The van der Waals surface area contributed by atoms with Crippen LogP contribution in [-0.4, -0.2) is 44.2 Å². The van der Waals surface area contributed by atoms with Crippen LogP contribution in [0.5, 0.6) is 0 Å². The van der Waals surface area contributed by atoms with Crippen molar-refractivity contribution < 1.29 is 17.6 Å².